The maximum Gasteiger partial charge on any atom is 0.101 e. The van der Waals surface area contributed by atoms with Crippen molar-refractivity contribution < 1.29 is 0 Å². The molecule has 3 heteroatoms. The molecule has 1 aliphatic heterocycles. The minimum absolute atomic E-state index is 0.531. The number of nitrogens with one attached hydrogen (secondary N) is 1. The van der Waals surface area contributed by atoms with Crippen LogP contribution in [0.2, 0.25) is 0 Å². The highest BCUT2D eigenvalue weighted by Crippen LogP contribution is 2.24. The van der Waals surface area contributed by atoms with Crippen LogP contribution in [0, 0.1) is 18.3 Å². The molecular formula is C12H14N2S. The van der Waals surface area contributed by atoms with Gasteiger partial charge in [0.2, 0.25) is 0 Å². The Morgan fingerprint density at radius 3 is 3.07 bits per heavy atom. The van der Waals surface area contributed by atoms with E-state index in [9.17, 15) is 0 Å². The quantitative estimate of drug-likeness (QED) is 0.829. The van der Waals surface area contributed by atoms with Gasteiger partial charge in [-0.2, -0.15) is 17.0 Å². The third kappa shape index (κ3) is 2.45. The minimum Gasteiger partial charge on any atom is -0.380 e. The van der Waals surface area contributed by atoms with Crippen LogP contribution >= 0.6 is 11.8 Å². The van der Waals surface area contributed by atoms with Gasteiger partial charge >= 0.3 is 0 Å². The molecule has 0 spiro atoms. The predicted octanol–water partition coefficient (Wildman–Crippen LogP) is 2.78. The van der Waals surface area contributed by atoms with Crippen LogP contribution in [0.1, 0.15) is 17.5 Å². The Labute approximate surface area is 94.7 Å². The molecule has 1 fully saturated rings. The molecule has 78 valence electrons. The van der Waals surface area contributed by atoms with Crippen LogP contribution in [0.5, 0.6) is 0 Å². The molecule has 1 unspecified atom stereocenters. The average Bonchev–Trinajstić information content (AvgIpc) is 2.71. The fraction of sp³-hybridized carbons (Fsp3) is 0.417. The third-order valence-corrected chi connectivity index (χ3v) is 3.75. The van der Waals surface area contributed by atoms with Crippen molar-refractivity contribution in [2.45, 2.75) is 19.4 Å². The van der Waals surface area contributed by atoms with E-state index in [-0.39, 0.29) is 0 Å². The van der Waals surface area contributed by atoms with Crippen LogP contribution < -0.4 is 5.32 Å². The maximum absolute atomic E-state index is 8.99. The molecule has 1 atom stereocenters. The summed E-state index contributed by atoms with van der Waals surface area (Å²) in [5.41, 5.74) is 2.93. The third-order valence-electron chi connectivity index (χ3n) is 2.58. The number of hydrogen-bond acceptors (Lipinski definition) is 3. The van der Waals surface area contributed by atoms with Crippen molar-refractivity contribution in [1.29, 1.82) is 5.26 Å². The first kappa shape index (κ1) is 10.4. The molecule has 1 aromatic carbocycles. The number of nitrogens with zero attached hydrogens (tertiary/aromatic N) is 1. The first-order chi connectivity index (χ1) is 7.29. The molecule has 15 heavy (non-hydrogen) atoms. The van der Waals surface area contributed by atoms with E-state index in [1.807, 2.05) is 23.9 Å². The van der Waals surface area contributed by atoms with E-state index in [0.717, 1.165) is 17.0 Å². The summed E-state index contributed by atoms with van der Waals surface area (Å²) in [5, 5.41) is 12.4. The Hall–Kier alpha value is -1.14. The number of thioether (sulfide) groups is 1. The van der Waals surface area contributed by atoms with Crippen LogP contribution in [-0.2, 0) is 0 Å². The van der Waals surface area contributed by atoms with Crippen LogP contribution in [0.4, 0.5) is 5.69 Å². The molecule has 1 aliphatic rings. The molecule has 2 rings (SSSR count). The molecule has 0 aliphatic carbocycles. The van der Waals surface area contributed by atoms with E-state index in [4.69, 9.17) is 5.26 Å². The molecule has 1 heterocycles. The lowest BCUT2D eigenvalue weighted by Crippen LogP contribution is -2.18. The van der Waals surface area contributed by atoms with Crippen molar-refractivity contribution in [3.05, 3.63) is 29.3 Å². The zero-order valence-electron chi connectivity index (χ0n) is 8.79. The monoisotopic (exact) mass is 218 g/mol. The molecule has 0 amide bonds. The molecule has 0 aromatic heterocycles. The SMILES string of the molecule is Cc1ccc(C#N)c(NC2CCSC2)c1. The maximum atomic E-state index is 8.99. The van der Waals surface area contributed by atoms with Crippen LogP contribution in [0.3, 0.4) is 0 Å². The summed E-state index contributed by atoms with van der Waals surface area (Å²) in [7, 11) is 0. The van der Waals surface area contributed by atoms with Gasteiger partial charge in [0.05, 0.1) is 11.3 Å². The number of nitriles is 1. The lowest BCUT2D eigenvalue weighted by Gasteiger charge is -2.14. The summed E-state index contributed by atoms with van der Waals surface area (Å²) in [6.07, 6.45) is 1.20. The molecular weight excluding hydrogens is 204 g/mol. The zero-order valence-corrected chi connectivity index (χ0v) is 9.60. The van der Waals surface area contributed by atoms with Gasteiger partial charge in [0.15, 0.2) is 0 Å². The van der Waals surface area contributed by atoms with Gasteiger partial charge in [-0.1, -0.05) is 6.07 Å². The summed E-state index contributed by atoms with van der Waals surface area (Å²) >= 11 is 1.97. The van der Waals surface area contributed by atoms with E-state index in [1.54, 1.807) is 0 Å². The standard InChI is InChI=1S/C12H14N2S/c1-9-2-3-10(7-13)12(6-9)14-11-4-5-15-8-11/h2-3,6,11,14H,4-5,8H2,1H3. The number of aryl methyl sites for hydroxylation is 1. The highest BCUT2D eigenvalue weighted by molar-refractivity contribution is 7.99. The van der Waals surface area contributed by atoms with Gasteiger partial charge in [-0.15, -0.1) is 0 Å². The summed E-state index contributed by atoms with van der Waals surface area (Å²) in [6, 6.07) is 8.68. The summed E-state index contributed by atoms with van der Waals surface area (Å²) in [5.74, 6) is 2.38. The van der Waals surface area contributed by atoms with E-state index in [2.05, 4.69) is 24.4 Å². The van der Waals surface area contributed by atoms with Gasteiger partial charge in [-0.3, -0.25) is 0 Å². The number of hydrogen-bond donors (Lipinski definition) is 1. The first-order valence-corrected chi connectivity index (χ1v) is 6.30. The number of benzene rings is 1. The van der Waals surface area contributed by atoms with Gasteiger partial charge in [0.1, 0.15) is 6.07 Å². The van der Waals surface area contributed by atoms with Gasteiger partial charge < -0.3 is 5.32 Å². The Morgan fingerprint density at radius 2 is 2.40 bits per heavy atom. The second-order valence-electron chi connectivity index (χ2n) is 3.87. The summed E-state index contributed by atoms with van der Waals surface area (Å²) < 4.78 is 0. The summed E-state index contributed by atoms with van der Waals surface area (Å²) in [6.45, 7) is 2.05. The Kier molecular flexibility index (Phi) is 3.17. The van der Waals surface area contributed by atoms with Crippen molar-refractivity contribution in [1.82, 2.24) is 0 Å². The Bertz CT molecular complexity index is 389. The molecule has 1 N–H and O–H groups in total. The van der Waals surface area contributed by atoms with E-state index < -0.39 is 0 Å². The fourth-order valence-electron chi connectivity index (χ4n) is 1.74. The normalized spacial score (nSPS) is 19.9. The zero-order chi connectivity index (χ0) is 10.7. The van der Waals surface area contributed by atoms with Crippen molar-refractivity contribution in [2.75, 3.05) is 16.8 Å². The topological polar surface area (TPSA) is 35.8 Å². The van der Waals surface area contributed by atoms with Crippen LogP contribution in [0.25, 0.3) is 0 Å². The highest BCUT2D eigenvalue weighted by Gasteiger charge is 2.16. The second-order valence-corrected chi connectivity index (χ2v) is 5.02. The lowest BCUT2D eigenvalue weighted by molar-refractivity contribution is 0.812. The van der Waals surface area contributed by atoms with E-state index in [1.165, 1.54) is 17.7 Å². The van der Waals surface area contributed by atoms with Crippen molar-refractivity contribution in [3.63, 3.8) is 0 Å². The van der Waals surface area contributed by atoms with E-state index in [0.29, 0.717) is 6.04 Å². The van der Waals surface area contributed by atoms with Crippen LogP contribution in [-0.4, -0.2) is 17.5 Å². The van der Waals surface area contributed by atoms with Gasteiger partial charge in [0, 0.05) is 11.8 Å². The van der Waals surface area contributed by atoms with Crippen molar-refractivity contribution in [3.8, 4) is 6.07 Å². The second kappa shape index (κ2) is 4.59. The molecule has 1 aromatic rings. The fourth-order valence-corrected chi connectivity index (χ4v) is 2.90. The predicted molar refractivity (Wildman–Crippen MR) is 65.2 cm³/mol. The average molecular weight is 218 g/mol. The molecule has 2 nitrogen and oxygen atoms in total. The molecule has 0 bridgehead atoms. The number of rotatable bonds is 2. The Balaban J connectivity index is 2.18. The van der Waals surface area contributed by atoms with Gasteiger partial charge in [0.25, 0.3) is 0 Å². The summed E-state index contributed by atoms with van der Waals surface area (Å²) in [4.78, 5) is 0. The van der Waals surface area contributed by atoms with Crippen LogP contribution in [0.15, 0.2) is 18.2 Å². The van der Waals surface area contributed by atoms with Crippen molar-refractivity contribution in [2.24, 2.45) is 0 Å². The smallest absolute Gasteiger partial charge is 0.101 e. The molecule has 1 saturated heterocycles. The lowest BCUT2D eigenvalue weighted by atomic mass is 10.1. The first-order valence-electron chi connectivity index (χ1n) is 5.14. The van der Waals surface area contributed by atoms with Crippen molar-refractivity contribution >= 4 is 17.4 Å². The minimum atomic E-state index is 0.531. The van der Waals surface area contributed by atoms with Gasteiger partial charge in [-0.05, 0) is 36.8 Å². The highest BCUT2D eigenvalue weighted by atomic mass is 32.2. The largest absolute Gasteiger partial charge is 0.380 e. The van der Waals surface area contributed by atoms with Gasteiger partial charge in [-0.25, -0.2) is 0 Å². The Morgan fingerprint density at radius 1 is 1.53 bits per heavy atom. The number of anilines is 1. The molecule has 0 saturated carbocycles. The van der Waals surface area contributed by atoms with E-state index >= 15 is 0 Å². The molecule has 0 radical (unpaired) electrons.